The molecule has 0 aromatic carbocycles. The van der Waals surface area contributed by atoms with E-state index in [2.05, 4.69) is 14.7 Å². The molecule has 5 nitrogen and oxygen atoms in total. The molecule has 108 valence electrons. The SMILES string of the molecule is CCN(CC)C(=O)CNCc1c(C)nc2ccccn12. The zero-order valence-electron chi connectivity index (χ0n) is 12.4. The quantitative estimate of drug-likeness (QED) is 0.870. The summed E-state index contributed by atoms with van der Waals surface area (Å²) in [6, 6.07) is 5.94. The summed E-state index contributed by atoms with van der Waals surface area (Å²) < 4.78 is 2.06. The number of pyridine rings is 1. The Morgan fingerprint density at radius 2 is 2.10 bits per heavy atom. The number of carbonyl (C=O) groups excluding carboxylic acids is 1. The van der Waals surface area contributed by atoms with E-state index in [0.717, 1.165) is 30.1 Å². The van der Waals surface area contributed by atoms with E-state index in [1.54, 1.807) is 0 Å². The van der Waals surface area contributed by atoms with Gasteiger partial charge in [-0.1, -0.05) is 6.07 Å². The Labute approximate surface area is 119 Å². The maximum Gasteiger partial charge on any atom is 0.236 e. The molecule has 0 aliphatic rings. The molecule has 0 radical (unpaired) electrons. The standard InChI is InChI=1S/C15H22N4O/c1-4-18(5-2)15(20)11-16-10-13-12(3)17-14-8-6-7-9-19(13)14/h6-9,16H,4-5,10-11H2,1-3H3. The van der Waals surface area contributed by atoms with E-state index in [-0.39, 0.29) is 5.91 Å². The molecule has 20 heavy (non-hydrogen) atoms. The van der Waals surface area contributed by atoms with E-state index >= 15 is 0 Å². The lowest BCUT2D eigenvalue weighted by Crippen LogP contribution is -2.37. The molecule has 0 unspecified atom stereocenters. The van der Waals surface area contributed by atoms with Crippen molar-refractivity contribution in [3.63, 3.8) is 0 Å². The predicted molar refractivity (Wildman–Crippen MR) is 79.6 cm³/mol. The molecular weight excluding hydrogens is 252 g/mol. The first-order chi connectivity index (χ1) is 9.67. The topological polar surface area (TPSA) is 49.6 Å². The van der Waals surface area contributed by atoms with Crippen molar-refractivity contribution in [2.24, 2.45) is 0 Å². The van der Waals surface area contributed by atoms with Crippen LogP contribution in [-0.2, 0) is 11.3 Å². The summed E-state index contributed by atoms with van der Waals surface area (Å²) in [6.07, 6.45) is 2.00. The Kier molecular flexibility index (Phi) is 4.74. The van der Waals surface area contributed by atoms with Crippen molar-refractivity contribution in [1.82, 2.24) is 19.6 Å². The summed E-state index contributed by atoms with van der Waals surface area (Å²) in [7, 11) is 0. The second kappa shape index (κ2) is 6.52. The first kappa shape index (κ1) is 14.5. The molecule has 2 rings (SSSR count). The minimum Gasteiger partial charge on any atom is -0.342 e. The summed E-state index contributed by atoms with van der Waals surface area (Å²) in [5, 5.41) is 3.22. The van der Waals surface area contributed by atoms with Crippen LogP contribution in [0.5, 0.6) is 0 Å². The summed E-state index contributed by atoms with van der Waals surface area (Å²) in [6.45, 7) is 8.50. The van der Waals surface area contributed by atoms with Gasteiger partial charge in [-0.25, -0.2) is 4.98 Å². The summed E-state index contributed by atoms with van der Waals surface area (Å²) in [5.41, 5.74) is 3.05. The van der Waals surface area contributed by atoms with Crippen LogP contribution in [0.2, 0.25) is 0 Å². The van der Waals surface area contributed by atoms with Gasteiger partial charge in [0.2, 0.25) is 5.91 Å². The first-order valence-corrected chi connectivity index (χ1v) is 7.08. The average molecular weight is 274 g/mol. The number of nitrogens with zero attached hydrogens (tertiary/aromatic N) is 3. The second-order valence-corrected chi connectivity index (χ2v) is 4.74. The fourth-order valence-corrected chi connectivity index (χ4v) is 2.35. The molecular formula is C15H22N4O. The van der Waals surface area contributed by atoms with Gasteiger partial charge in [-0.3, -0.25) is 4.79 Å². The molecule has 0 aliphatic heterocycles. The number of fused-ring (bicyclic) bond motifs is 1. The van der Waals surface area contributed by atoms with Crippen molar-refractivity contribution < 1.29 is 4.79 Å². The monoisotopic (exact) mass is 274 g/mol. The molecule has 0 fully saturated rings. The van der Waals surface area contributed by atoms with Crippen molar-refractivity contribution in [3.8, 4) is 0 Å². The van der Waals surface area contributed by atoms with Gasteiger partial charge in [-0.05, 0) is 32.9 Å². The lowest BCUT2D eigenvalue weighted by molar-refractivity contribution is -0.129. The molecule has 0 aliphatic carbocycles. The van der Waals surface area contributed by atoms with Crippen LogP contribution in [0, 0.1) is 6.92 Å². The summed E-state index contributed by atoms with van der Waals surface area (Å²) in [5.74, 6) is 0.140. The maximum atomic E-state index is 11.9. The molecule has 2 aromatic heterocycles. The van der Waals surface area contributed by atoms with Crippen LogP contribution in [0.4, 0.5) is 0 Å². The molecule has 2 aromatic rings. The maximum absolute atomic E-state index is 11.9. The van der Waals surface area contributed by atoms with Gasteiger partial charge in [-0.2, -0.15) is 0 Å². The van der Waals surface area contributed by atoms with Gasteiger partial charge in [-0.15, -0.1) is 0 Å². The number of imidazole rings is 1. The van der Waals surface area contributed by atoms with Crippen molar-refractivity contribution in [2.75, 3.05) is 19.6 Å². The number of rotatable bonds is 6. The van der Waals surface area contributed by atoms with E-state index in [4.69, 9.17) is 0 Å². The fourth-order valence-electron chi connectivity index (χ4n) is 2.35. The number of aromatic nitrogens is 2. The molecule has 0 atom stereocenters. The normalized spacial score (nSPS) is 10.9. The highest BCUT2D eigenvalue weighted by molar-refractivity contribution is 5.78. The molecule has 0 saturated carbocycles. The summed E-state index contributed by atoms with van der Waals surface area (Å²) in [4.78, 5) is 18.3. The van der Waals surface area contributed by atoms with Gasteiger partial charge in [0, 0.05) is 25.8 Å². The Bertz CT molecular complexity index is 587. The fraction of sp³-hybridized carbons (Fsp3) is 0.467. The molecule has 0 spiro atoms. The number of hydrogen-bond donors (Lipinski definition) is 1. The number of nitrogens with one attached hydrogen (secondary N) is 1. The van der Waals surface area contributed by atoms with Crippen molar-refractivity contribution in [3.05, 3.63) is 35.8 Å². The Balaban J connectivity index is 2.00. The molecule has 2 heterocycles. The van der Waals surface area contributed by atoms with Crippen molar-refractivity contribution in [2.45, 2.75) is 27.3 Å². The first-order valence-electron chi connectivity index (χ1n) is 7.08. The number of likely N-dealkylation sites (N-methyl/N-ethyl adjacent to an activating group) is 1. The number of amides is 1. The molecule has 5 heteroatoms. The van der Waals surface area contributed by atoms with Crippen LogP contribution in [-0.4, -0.2) is 39.8 Å². The van der Waals surface area contributed by atoms with Crippen LogP contribution in [0.3, 0.4) is 0 Å². The number of aryl methyl sites for hydroxylation is 1. The lowest BCUT2D eigenvalue weighted by atomic mass is 10.3. The Morgan fingerprint density at radius 3 is 2.80 bits per heavy atom. The third-order valence-corrected chi connectivity index (χ3v) is 3.51. The smallest absolute Gasteiger partial charge is 0.236 e. The van der Waals surface area contributed by atoms with Crippen LogP contribution in [0.25, 0.3) is 5.65 Å². The highest BCUT2D eigenvalue weighted by atomic mass is 16.2. The third-order valence-electron chi connectivity index (χ3n) is 3.51. The third kappa shape index (κ3) is 2.99. The molecule has 0 saturated heterocycles. The highest BCUT2D eigenvalue weighted by Gasteiger charge is 2.11. The second-order valence-electron chi connectivity index (χ2n) is 4.74. The van der Waals surface area contributed by atoms with Gasteiger partial charge >= 0.3 is 0 Å². The van der Waals surface area contributed by atoms with E-state index in [1.807, 2.05) is 50.1 Å². The van der Waals surface area contributed by atoms with Gasteiger partial charge in [0.15, 0.2) is 0 Å². The summed E-state index contributed by atoms with van der Waals surface area (Å²) >= 11 is 0. The number of carbonyl (C=O) groups is 1. The van der Waals surface area contributed by atoms with E-state index in [9.17, 15) is 4.79 Å². The Hall–Kier alpha value is -1.88. The molecule has 0 bridgehead atoms. The largest absolute Gasteiger partial charge is 0.342 e. The van der Waals surface area contributed by atoms with Gasteiger partial charge < -0.3 is 14.6 Å². The zero-order chi connectivity index (χ0) is 14.5. The lowest BCUT2D eigenvalue weighted by Gasteiger charge is -2.18. The Morgan fingerprint density at radius 1 is 1.35 bits per heavy atom. The number of hydrogen-bond acceptors (Lipinski definition) is 3. The highest BCUT2D eigenvalue weighted by Crippen LogP contribution is 2.11. The average Bonchev–Trinajstić information content (AvgIpc) is 2.76. The van der Waals surface area contributed by atoms with Gasteiger partial charge in [0.25, 0.3) is 0 Å². The van der Waals surface area contributed by atoms with Crippen LogP contribution in [0.15, 0.2) is 24.4 Å². The molecule has 1 amide bonds. The van der Waals surface area contributed by atoms with E-state index in [0.29, 0.717) is 13.1 Å². The van der Waals surface area contributed by atoms with Crippen LogP contribution in [0.1, 0.15) is 25.2 Å². The predicted octanol–water partition coefficient (Wildman–Crippen LogP) is 1.60. The molecule has 1 N–H and O–H groups in total. The van der Waals surface area contributed by atoms with Crippen LogP contribution < -0.4 is 5.32 Å². The zero-order valence-corrected chi connectivity index (χ0v) is 12.4. The van der Waals surface area contributed by atoms with Gasteiger partial charge in [0.1, 0.15) is 5.65 Å². The van der Waals surface area contributed by atoms with Gasteiger partial charge in [0.05, 0.1) is 17.9 Å². The minimum atomic E-state index is 0.140. The van der Waals surface area contributed by atoms with Crippen LogP contribution >= 0.6 is 0 Å². The minimum absolute atomic E-state index is 0.140. The van der Waals surface area contributed by atoms with E-state index < -0.39 is 0 Å². The van der Waals surface area contributed by atoms with Crippen molar-refractivity contribution >= 4 is 11.6 Å². The van der Waals surface area contributed by atoms with Crippen molar-refractivity contribution in [1.29, 1.82) is 0 Å². The van der Waals surface area contributed by atoms with E-state index in [1.165, 1.54) is 0 Å².